The van der Waals surface area contributed by atoms with Crippen molar-refractivity contribution in [3.05, 3.63) is 0 Å². The van der Waals surface area contributed by atoms with E-state index in [0.717, 1.165) is 51.4 Å². The van der Waals surface area contributed by atoms with E-state index in [2.05, 4.69) is 42.0 Å². The van der Waals surface area contributed by atoms with E-state index in [1.54, 1.807) is 7.05 Å². The van der Waals surface area contributed by atoms with Gasteiger partial charge < -0.3 is 81.5 Å². The molecule has 0 bridgehead atoms. The highest BCUT2D eigenvalue weighted by atomic mass is 31.1. The summed E-state index contributed by atoms with van der Waals surface area (Å²) in [5, 5.41) is 54.9. The molecule has 0 aliphatic rings. The predicted molar refractivity (Wildman–Crippen MR) is 293 cm³/mol. The lowest BCUT2D eigenvalue weighted by Gasteiger charge is -2.17. The van der Waals surface area contributed by atoms with E-state index >= 15 is 0 Å². The molecule has 0 aliphatic heterocycles. The van der Waals surface area contributed by atoms with E-state index in [-0.39, 0.29) is 125 Å². The monoisotopic (exact) mass is 1180 g/mol. The number of carboxylic acids is 4. The molecule has 0 saturated heterocycles. The van der Waals surface area contributed by atoms with Gasteiger partial charge in [0.15, 0.2) is 8.60 Å². The number of hydrogen-bond acceptors (Lipinski definition) is 16. The summed E-state index contributed by atoms with van der Waals surface area (Å²) < 4.78 is 24.6. The molecule has 0 saturated carbocycles. The Morgan fingerprint density at radius 1 is 0.383 bits per heavy atom. The number of ether oxygens (including phenoxy) is 4. The number of carbonyl (C=O) groups is 11. The summed E-state index contributed by atoms with van der Waals surface area (Å²) in [6.45, 7) is 0.191. The highest BCUT2D eigenvalue weighted by molar-refractivity contribution is 7.20. The van der Waals surface area contributed by atoms with Gasteiger partial charge in [0.1, 0.15) is 31.3 Å². The largest absolute Gasteiger partial charge is 0.481 e. The Kier molecular flexibility index (Phi) is 47.5. The van der Waals surface area contributed by atoms with Crippen LogP contribution in [0, 0.1) is 0 Å². The maximum absolute atomic E-state index is 12.5. The molecule has 0 rings (SSSR count). The first kappa shape index (κ1) is 75.2. The van der Waals surface area contributed by atoms with Gasteiger partial charge in [-0.1, -0.05) is 77.0 Å². The number of carboxylic acid groups (broad SMARTS) is 4. The maximum Gasteiger partial charge on any atom is 0.326 e. The smallest absolute Gasteiger partial charge is 0.326 e. The SMILES string of the molecule is CN[C@@H](CCCCNC(=O)CC[C@H](NC(=O)CC[C@H](NC(=O)COCCOCCNC(=O)COCCOCCNC(=O)CC[C@H](NC(=O)CCCCCCCCCCCCCCCCC(=O)O)C(=O)O)C(=O)O)C(=O)O)C(=O)/N=P/O. The van der Waals surface area contributed by atoms with Crippen molar-refractivity contribution in [1.29, 1.82) is 0 Å². The second kappa shape index (κ2) is 51.1. The van der Waals surface area contributed by atoms with Crippen molar-refractivity contribution in [3.8, 4) is 0 Å². The maximum atomic E-state index is 12.5. The Balaban J connectivity index is 3.99. The molecule has 0 aromatic carbocycles. The number of hydrogen-bond donors (Lipinski definition) is 12. The van der Waals surface area contributed by atoms with E-state index in [1.807, 2.05) is 0 Å². The average molecular weight is 1180 g/mol. The zero-order valence-electron chi connectivity index (χ0n) is 47.0. The lowest BCUT2D eigenvalue weighted by atomic mass is 10.0. The van der Waals surface area contributed by atoms with Crippen molar-refractivity contribution in [2.24, 2.45) is 4.74 Å². The van der Waals surface area contributed by atoms with E-state index in [9.17, 15) is 68.1 Å². The zero-order valence-corrected chi connectivity index (χ0v) is 47.9. The van der Waals surface area contributed by atoms with Crippen molar-refractivity contribution >= 4 is 73.8 Å². The van der Waals surface area contributed by atoms with Gasteiger partial charge in [0.25, 0.3) is 5.91 Å². The lowest BCUT2D eigenvalue weighted by Crippen LogP contribution is -2.45. The van der Waals surface area contributed by atoms with Gasteiger partial charge in [0.05, 0.1) is 45.7 Å². The molecule has 29 heteroatoms. The number of likely N-dealkylation sites (N-methyl/N-ethyl adjacent to an activating group) is 1. The van der Waals surface area contributed by atoms with Crippen molar-refractivity contribution in [2.45, 2.75) is 185 Å². The first-order valence-corrected chi connectivity index (χ1v) is 28.9. The number of amides is 7. The quantitative estimate of drug-likeness (QED) is 0.0306. The van der Waals surface area contributed by atoms with Crippen molar-refractivity contribution in [2.75, 3.05) is 79.5 Å². The van der Waals surface area contributed by atoms with Gasteiger partial charge in [-0.15, -0.1) is 0 Å². The Morgan fingerprint density at radius 3 is 1.19 bits per heavy atom. The van der Waals surface area contributed by atoms with Gasteiger partial charge in [-0.2, -0.15) is 4.74 Å². The van der Waals surface area contributed by atoms with Gasteiger partial charge in [-0.3, -0.25) is 38.4 Å². The molecule has 4 atom stereocenters. The van der Waals surface area contributed by atoms with Gasteiger partial charge >= 0.3 is 23.9 Å². The van der Waals surface area contributed by atoms with Gasteiger partial charge in [-0.05, 0) is 58.4 Å². The van der Waals surface area contributed by atoms with Crippen molar-refractivity contribution < 1.29 is 97.0 Å². The van der Waals surface area contributed by atoms with Crippen LogP contribution in [-0.4, -0.2) is 194 Å². The molecule has 7 amide bonds. The van der Waals surface area contributed by atoms with Crippen LogP contribution in [0.4, 0.5) is 0 Å². The third-order valence-corrected chi connectivity index (χ3v) is 12.6. The molecule has 0 aliphatic carbocycles. The van der Waals surface area contributed by atoms with Crippen LogP contribution >= 0.6 is 8.60 Å². The van der Waals surface area contributed by atoms with Crippen LogP contribution in [0.2, 0.25) is 0 Å². The van der Waals surface area contributed by atoms with Crippen LogP contribution in [0.25, 0.3) is 0 Å². The third-order valence-electron chi connectivity index (χ3n) is 12.3. The van der Waals surface area contributed by atoms with E-state index in [0.29, 0.717) is 25.7 Å². The summed E-state index contributed by atoms with van der Waals surface area (Å²) in [6.07, 6.45) is 15.2. The average Bonchev–Trinajstić information content (AvgIpc) is 3.41. The topological polar surface area (TPSA) is 422 Å². The van der Waals surface area contributed by atoms with Crippen molar-refractivity contribution in [1.82, 2.24) is 37.2 Å². The minimum Gasteiger partial charge on any atom is -0.481 e. The van der Waals surface area contributed by atoms with Gasteiger partial charge in [-0.25, -0.2) is 14.4 Å². The molecule has 0 aromatic heterocycles. The fourth-order valence-electron chi connectivity index (χ4n) is 7.78. The number of aliphatic carboxylic acids is 4. The number of rotatable bonds is 55. The molecule has 464 valence electrons. The van der Waals surface area contributed by atoms with Crippen LogP contribution in [0.1, 0.15) is 161 Å². The predicted octanol–water partition coefficient (Wildman–Crippen LogP) is 2.10. The first-order valence-electron chi connectivity index (χ1n) is 28.1. The molecule has 0 spiro atoms. The molecular formula is C52H91N8O20P. The molecule has 0 radical (unpaired) electrons. The minimum absolute atomic E-state index is 0.0323. The summed E-state index contributed by atoms with van der Waals surface area (Å²) in [7, 11) is 1.19. The Bertz CT molecular complexity index is 1880. The minimum atomic E-state index is -1.49. The normalized spacial score (nSPS) is 12.6. The summed E-state index contributed by atoms with van der Waals surface area (Å²) in [4.78, 5) is 140. The fourth-order valence-corrected chi connectivity index (χ4v) is 8.01. The Morgan fingerprint density at radius 2 is 0.753 bits per heavy atom. The molecule has 0 fully saturated rings. The summed E-state index contributed by atoms with van der Waals surface area (Å²) >= 11 is 0. The standard InChI is InChI=1S/C52H91N8O20P/c1-53-38(49(69)60-81-76)18-16-17-27-54-42(61)24-21-40(51(72)73)58-45(64)26-23-41(52(74)75)59-47(66)37-80-35-33-78-31-29-56-46(65)36-79-34-32-77-30-28-55-43(62)25-22-39(50(70)71)57-44(63)19-14-12-10-8-6-4-2-3-5-7-9-11-13-15-20-48(67)68/h38-41,53H,2-37H2,1H3,(H,54,61)(H,55,62)(H,56,65)(H,57,63)(H,58,64)(H,59,66)(H,67,68)(H,70,71)(H,72,73)(H,74,75)(H,60,69,76)/t38-,39-,40-,41-/m0/s1. The summed E-state index contributed by atoms with van der Waals surface area (Å²) in [5.41, 5.74) is 0. The van der Waals surface area contributed by atoms with Crippen molar-refractivity contribution in [3.63, 3.8) is 0 Å². The Hall–Kier alpha value is -5.77. The molecule has 0 unspecified atom stereocenters. The number of carbonyl (C=O) groups excluding carboxylic acids is 7. The first-order chi connectivity index (χ1) is 38.9. The number of nitrogens with one attached hydrogen (secondary N) is 7. The van der Waals surface area contributed by atoms with Crippen LogP contribution < -0.4 is 37.2 Å². The molecule has 12 N–H and O–H groups in total. The van der Waals surface area contributed by atoms with Gasteiger partial charge in [0, 0.05) is 51.7 Å². The third kappa shape index (κ3) is 46.5. The van der Waals surface area contributed by atoms with Crippen LogP contribution in [0.5, 0.6) is 0 Å². The van der Waals surface area contributed by atoms with Crippen LogP contribution in [-0.2, 0) is 71.7 Å². The van der Waals surface area contributed by atoms with Gasteiger partial charge in [0.2, 0.25) is 35.4 Å². The van der Waals surface area contributed by atoms with Crippen LogP contribution in [0.3, 0.4) is 0 Å². The Labute approximate surface area is 475 Å². The highest BCUT2D eigenvalue weighted by Gasteiger charge is 2.25. The molecular weight excluding hydrogens is 1090 g/mol. The zero-order chi connectivity index (χ0) is 60.3. The van der Waals surface area contributed by atoms with E-state index < -0.39 is 96.5 Å². The lowest BCUT2D eigenvalue weighted by molar-refractivity contribution is -0.144. The summed E-state index contributed by atoms with van der Waals surface area (Å²) in [6, 6.07) is -4.69. The van der Waals surface area contributed by atoms with E-state index in [1.165, 1.54) is 32.1 Å². The van der Waals surface area contributed by atoms with Crippen LogP contribution in [0.15, 0.2) is 4.74 Å². The second-order valence-corrected chi connectivity index (χ2v) is 19.5. The summed E-state index contributed by atoms with van der Waals surface area (Å²) in [5.74, 6) is -8.54. The molecule has 28 nitrogen and oxygen atoms in total. The second-order valence-electron chi connectivity index (χ2n) is 19.1. The molecule has 0 aromatic rings. The number of unbranched alkanes of at least 4 members (excludes halogenated alkanes) is 14. The number of nitrogens with zero attached hydrogens (tertiary/aromatic N) is 1. The highest BCUT2D eigenvalue weighted by Crippen LogP contribution is 2.14. The van der Waals surface area contributed by atoms with E-state index in [4.69, 9.17) is 28.9 Å². The molecule has 81 heavy (non-hydrogen) atoms. The fraction of sp³-hybridized carbons (Fsp3) is 0.788. The molecule has 0 heterocycles.